The van der Waals surface area contributed by atoms with E-state index in [1.54, 1.807) is 17.2 Å². The summed E-state index contributed by atoms with van der Waals surface area (Å²) in [4.78, 5) is 29.4. The SMILES string of the molecule is O=C(O)c1cccnc1OCc1cn(CCC(=O)N2CCc3ccc(F)cc3C2)nn1. The number of aromatic nitrogens is 4. The Labute approximate surface area is 177 Å². The lowest BCUT2D eigenvalue weighted by molar-refractivity contribution is -0.132. The van der Waals surface area contributed by atoms with Crippen molar-refractivity contribution >= 4 is 11.9 Å². The van der Waals surface area contributed by atoms with Crippen molar-refractivity contribution in [2.45, 2.75) is 32.5 Å². The zero-order valence-corrected chi connectivity index (χ0v) is 16.6. The second-order valence-electron chi connectivity index (χ2n) is 7.15. The zero-order chi connectivity index (χ0) is 21.8. The van der Waals surface area contributed by atoms with Crippen LogP contribution in [0.3, 0.4) is 0 Å². The van der Waals surface area contributed by atoms with Gasteiger partial charge in [-0.05, 0) is 41.8 Å². The van der Waals surface area contributed by atoms with E-state index in [-0.39, 0.29) is 36.2 Å². The van der Waals surface area contributed by atoms with E-state index < -0.39 is 5.97 Å². The number of aryl methyl sites for hydroxylation is 1. The Hall–Kier alpha value is -3.82. The number of halogens is 1. The van der Waals surface area contributed by atoms with Gasteiger partial charge < -0.3 is 14.7 Å². The number of hydrogen-bond acceptors (Lipinski definition) is 6. The van der Waals surface area contributed by atoms with E-state index in [2.05, 4.69) is 15.3 Å². The lowest BCUT2D eigenvalue weighted by Gasteiger charge is -2.29. The number of pyridine rings is 1. The molecule has 0 spiro atoms. The Morgan fingerprint density at radius 2 is 2.10 bits per heavy atom. The number of hydrogen-bond donors (Lipinski definition) is 1. The molecule has 31 heavy (non-hydrogen) atoms. The van der Waals surface area contributed by atoms with Crippen molar-refractivity contribution in [3.05, 3.63) is 70.9 Å². The molecule has 3 heterocycles. The van der Waals surface area contributed by atoms with Crippen molar-refractivity contribution in [1.29, 1.82) is 0 Å². The molecule has 1 aliphatic rings. The summed E-state index contributed by atoms with van der Waals surface area (Å²) in [5.74, 6) is -1.47. The summed E-state index contributed by atoms with van der Waals surface area (Å²) in [6, 6.07) is 7.62. The highest BCUT2D eigenvalue weighted by Crippen LogP contribution is 2.20. The molecule has 0 unspecified atom stereocenters. The highest BCUT2D eigenvalue weighted by Gasteiger charge is 2.21. The summed E-state index contributed by atoms with van der Waals surface area (Å²) in [6.45, 7) is 1.34. The summed E-state index contributed by atoms with van der Waals surface area (Å²) < 4.78 is 20.4. The first-order valence-corrected chi connectivity index (χ1v) is 9.75. The van der Waals surface area contributed by atoms with Crippen LogP contribution >= 0.6 is 0 Å². The fourth-order valence-electron chi connectivity index (χ4n) is 3.43. The van der Waals surface area contributed by atoms with Crippen LogP contribution in [0.4, 0.5) is 4.39 Å². The fourth-order valence-corrected chi connectivity index (χ4v) is 3.43. The highest BCUT2D eigenvalue weighted by molar-refractivity contribution is 5.90. The second-order valence-corrected chi connectivity index (χ2v) is 7.15. The molecule has 0 saturated heterocycles. The van der Waals surface area contributed by atoms with Crippen molar-refractivity contribution < 1.29 is 23.8 Å². The van der Waals surface area contributed by atoms with Crippen LogP contribution in [0.5, 0.6) is 5.88 Å². The van der Waals surface area contributed by atoms with Gasteiger partial charge in [-0.3, -0.25) is 9.48 Å². The number of carboxylic acids is 1. The van der Waals surface area contributed by atoms with Gasteiger partial charge in [-0.2, -0.15) is 0 Å². The van der Waals surface area contributed by atoms with Gasteiger partial charge in [0, 0.05) is 25.7 Å². The van der Waals surface area contributed by atoms with E-state index in [0.29, 0.717) is 31.7 Å². The largest absolute Gasteiger partial charge is 0.477 e. The molecule has 10 heteroatoms. The third-order valence-corrected chi connectivity index (χ3v) is 5.03. The Bertz CT molecular complexity index is 1120. The maximum absolute atomic E-state index is 13.5. The van der Waals surface area contributed by atoms with E-state index in [9.17, 15) is 14.0 Å². The molecule has 160 valence electrons. The molecule has 4 rings (SSSR count). The minimum absolute atomic E-state index is 0.000285. The van der Waals surface area contributed by atoms with Crippen molar-refractivity contribution in [1.82, 2.24) is 24.9 Å². The van der Waals surface area contributed by atoms with Crippen LogP contribution in [0.25, 0.3) is 0 Å². The second kappa shape index (κ2) is 8.90. The molecule has 1 N–H and O–H groups in total. The molecule has 0 atom stereocenters. The molecule has 1 aromatic carbocycles. The van der Waals surface area contributed by atoms with Gasteiger partial charge in [0.1, 0.15) is 23.7 Å². The number of ether oxygens (including phenoxy) is 1. The van der Waals surface area contributed by atoms with E-state index >= 15 is 0 Å². The van der Waals surface area contributed by atoms with Crippen LogP contribution in [-0.4, -0.2) is 48.4 Å². The number of benzene rings is 1. The maximum Gasteiger partial charge on any atom is 0.341 e. The minimum atomic E-state index is -1.13. The average Bonchev–Trinajstić information content (AvgIpc) is 3.23. The summed E-state index contributed by atoms with van der Waals surface area (Å²) >= 11 is 0. The Morgan fingerprint density at radius 3 is 2.94 bits per heavy atom. The van der Waals surface area contributed by atoms with Crippen LogP contribution in [0.15, 0.2) is 42.7 Å². The lowest BCUT2D eigenvalue weighted by Crippen LogP contribution is -2.36. The van der Waals surface area contributed by atoms with Crippen molar-refractivity contribution in [2.75, 3.05) is 6.54 Å². The predicted octanol–water partition coefficient (Wildman–Crippen LogP) is 2.06. The third-order valence-electron chi connectivity index (χ3n) is 5.03. The standard InChI is InChI=1S/C21H20FN5O4/c22-16-4-3-14-5-8-26(11-15(14)10-16)19(28)6-9-27-12-17(24-25-27)13-31-20-18(21(29)30)2-1-7-23-20/h1-4,7,10,12H,5-6,8-9,11,13H2,(H,29,30). The quantitative estimate of drug-likeness (QED) is 0.617. The van der Waals surface area contributed by atoms with Gasteiger partial charge in [0.05, 0.1) is 12.7 Å². The third kappa shape index (κ3) is 4.85. The Balaban J connectivity index is 1.30. The molecular weight excluding hydrogens is 405 g/mol. The van der Waals surface area contributed by atoms with Crippen molar-refractivity contribution in [3.8, 4) is 5.88 Å². The molecule has 1 aliphatic heterocycles. The first-order valence-electron chi connectivity index (χ1n) is 9.75. The number of aromatic carboxylic acids is 1. The summed E-state index contributed by atoms with van der Waals surface area (Å²) in [5, 5.41) is 17.1. The van der Waals surface area contributed by atoms with Gasteiger partial charge in [0.25, 0.3) is 0 Å². The van der Waals surface area contributed by atoms with E-state index in [0.717, 1.165) is 11.1 Å². The summed E-state index contributed by atoms with van der Waals surface area (Å²) in [6.07, 6.45) is 4.02. The molecule has 0 bridgehead atoms. The van der Waals surface area contributed by atoms with E-state index in [4.69, 9.17) is 9.84 Å². The van der Waals surface area contributed by atoms with Crippen LogP contribution in [0.2, 0.25) is 0 Å². The Morgan fingerprint density at radius 1 is 1.23 bits per heavy atom. The number of nitrogens with zero attached hydrogens (tertiary/aromatic N) is 5. The first kappa shape index (κ1) is 20.5. The Kier molecular flexibility index (Phi) is 5.87. The maximum atomic E-state index is 13.5. The molecule has 0 fully saturated rings. The summed E-state index contributed by atoms with van der Waals surface area (Å²) in [7, 11) is 0. The highest BCUT2D eigenvalue weighted by atomic mass is 19.1. The smallest absolute Gasteiger partial charge is 0.341 e. The molecule has 3 aromatic rings. The fraction of sp³-hybridized carbons (Fsp3) is 0.286. The number of carboxylic acid groups (broad SMARTS) is 1. The molecular formula is C21H20FN5O4. The van der Waals surface area contributed by atoms with Gasteiger partial charge in [-0.1, -0.05) is 11.3 Å². The number of fused-ring (bicyclic) bond motifs is 1. The number of rotatable bonds is 7. The first-order chi connectivity index (χ1) is 15.0. The van der Waals surface area contributed by atoms with Gasteiger partial charge in [-0.15, -0.1) is 5.10 Å². The molecule has 1 amide bonds. The molecule has 0 aliphatic carbocycles. The topological polar surface area (TPSA) is 110 Å². The van der Waals surface area contributed by atoms with Gasteiger partial charge >= 0.3 is 5.97 Å². The zero-order valence-electron chi connectivity index (χ0n) is 16.6. The van der Waals surface area contributed by atoms with E-state index in [1.165, 1.54) is 35.1 Å². The van der Waals surface area contributed by atoms with Gasteiger partial charge in [0.15, 0.2) is 0 Å². The van der Waals surface area contributed by atoms with Crippen LogP contribution in [0.1, 0.15) is 33.6 Å². The van der Waals surface area contributed by atoms with E-state index in [1.807, 2.05) is 0 Å². The molecule has 9 nitrogen and oxygen atoms in total. The van der Waals surface area contributed by atoms with Crippen LogP contribution < -0.4 is 4.74 Å². The number of carbonyl (C=O) groups excluding carboxylic acids is 1. The van der Waals surface area contributed by atoms with Crippen LogP contribution in [-0.2, 0) is 30.9 Å². The monoisotopic (exact) mass is 425 g/mol. The van der Waals surface area contributed by atoms with Crippen molar-refractivity contribution in [3.63, 3.8) is 0 Å². The van der Waals surface area contributed by atoms with Crippen LogP contribution in [0, 0.1) is 5.82 Å². The van der Waals surface area contributed by atoms with Gasteiger partial charge in [-0.25, -0.2) is 14.2 Å². The average molecular weight is 425 g/mol. The minimum Gasteiger partial charge on any atom is -0.477 e. The molecule has 0 saturated carbocycles. The summed E-state index contributed by atoms with van der Waals surface area (Å²) in [5.41, 5.74) is 2.36. The normalized spacial score (nSPS) is 13.0. The van der Waals surface area contributed by atoms with Gasteiger partial charge in [0.2, 0.25) is 11.8 Å². The predicted molar refractivity (Wildman–Crippen MR) is 106 cm³/mol. The molecule has 2 aromatic heterocycles. The number of amides is 1. The number of carbonyl (C=O) groups is 2. The molecule has 0 radical (unpaired) electrons. The lowest BCUT2D eigenvalue weighted by atomic mass is 9.99. The van der Waals surface area contributed by atoms with Crippen molar-refractivity contribution in [2.24, 2.45) is 0 Å².